The molecule has 0 spiro atoms. The Labute approximate surface area is 124 Å². The average molecular weight is 298 g/mol. The van der Waals surface area contributed by atoms with Gasteiger partial charge in [0.1, 0.15) is 5.57 Å². The molecule has 7 heteroatoms. The zero-order chi connectivity index (χ0) is 16.3. The van der Waals surface area contributed by atoms with Crippen LogP contribution in [0.4, 0.5) is 0 Å². The van der Waals surface area contributed by atoms with Crippen molar-refractivity contribution < 1.29 is 23.9 Å². The van der Waals surface area contributed by atoms with Gasteiger partial charge in [0.25, 0.3) is 5.91 Å². The number of hydrogen-bond acceptors (Lipinski definition) is 6. The Morgan fingerprint density at radius 3 is 1.90 bits per heavy atom. The summed E-state index contributed by atoms with van der Waals surface area (Å²) in [5, 5.41) is 3.22. The number of carbonyl (C=O) groups is 3. The Hall–Kier alpha value is -1.89. The SMILES string of the molecule is COC(=O)C1=C(C(=O)OC)C(=O)N(N(C(C)C)C(C)C)C1. The van der Waals surface area contributed by atoms with Gasteiger partial charge in [-0.05, 0) is 27.7 Å². The van der Waals surface area contributed by atoms with Crippen LogP contribution < -0.4 is 0 Å². The number of methoxy groups -OCH3 is 2. The lowest BCUT2D eigenvalue weighted by molar-refractivity contribution is -0.151. The summed E-state index contributed by atoms with van der Waals surface area (Å²) in [5.41, 5.74) is -0.226. The van der Waals surface area contributed by atoms with Crippen LogP contribution in [0.5, 0.6) is 0 Å². The Morgan fingerprint density at radius 1 is 1.05 bits per heavy atom. The summed E-state index contributed by atoms with van der Waals surface area (Å²) in [6.45, 7) is 7.73. The predicted molar refractivity (Wildman–Crippen MR) is 74.9 cm³/mol. The van der Waals surface area contributed by atoms with Crippen LogP contribution in [0.1, 0.15) is 27.7 Å². The maximum atomic E-state index is 12.5. The molecule has 0 unspecified atom stereocenters. The number of amides is 1. The Kier molecular flexibility index (Phi) is 5.48. The van der Waals surface area contributed by atoms with Crippen molar-refractivity contribution in [3.8, 4) is 0 Å². The lowest BCUT2D eigenvalue weighted by Gasteiger charge is -2.38. The molecule has 1 aliphatic rings. The summed E-state index contributed by atoms with van der Waals surface area (Å²) < 4.78 is 9.26. The van der Waals surface area contributed by atoms with Crippen molar-refractivity contribution >= 4 is 17.8 Å². The molecule has 0 saturated heterocycles. The molecular formula is C14H22N2O5. The van der Waals surface area contributed by atoms with Crippen molar-refractivity contribution in [1.29, 1.82) is 0 Å². The van der Waals surface area contributed by atoms with Crippen LogP contribution in [0.2, 0.25) is 0 Å². The molecule has 0 bridgehead atoms. The van der Waals surface area contributed by atoms with Crippen LogP contribution in [0.25, 0.3) is 0 Å². The minimum absolute atomic E-state index is 0.00625. The Balaban J connectivity index is 3.23. The summed E-state index contributed by atoms with van der Waals surface area (Å²) >= 11 is 0. The fraction of sp³-hybridized carbons (Fsp3) is 0.643. The molecule has 7 nitrogen and oxygen atoms in total. The van der Waals surface area contributed by atoms with E-state index >= 15 is 0 Å². The molecule has 0 aromatic rings. The first kappa shape index (κ1) is 17.2. The summed E-state index contributed by atoms with van der Waals surface area (Å²) in [5.74, 6) is -2.06. The van der Waals surface area contributed by atoms with E-state index in [0.717, 1.165) is 0 Å². The minimum Gasteiger partial charge on any atom is -0.466 e. The number of carbonyl (C=O) groups excluding carboxylic acids is 3. The van der Waals surface area contributed by atoms with E-state index in [1.165, 1.54) is 19.2 Å². The first-order chi connectivity index (χ1) is 9.76. The quantitative estimate of drug-likeness (QED) is 0.543. The molecule has 0 fully saturated rings. The van der Waals surface area contributed by atoms with Crippen LogP contribution >= 0.6 is 0 Å². The van der Waals surface area contributed by atoms with Gasteiger partial charge in [0.2, 0.25) is 0 Å². The van der Waals surface area contributed by atoms with Crippen LogP contribution in [0.3, 0.4) is 0 Å². The van der Waals surface area contributed by atoms with Gasteiger partial charge in [-0.15, -0.1) is 0 Å². The summed E-state index contributed by atoms with van der Waals surface area (Å²) in [6, 6.07) is 0.0645. The molecule has 0 N–H and O–H groups in total. The second kappa shape index (κ2) is 6.71. The lowest BCUT2D eigenvalue weighted by atomic mass is 10.1. The largest absolute Gasteiger partial charge is 0.466 e. The fourth-order valence-electron chi connectivity index (χ4n) is 2.50. The second-order valence-electron chi connectivity index (χ2n) is 5.27. The van der Waals surface area contributed by atoms with E-state index in [4.69, 9.17) is 0 Å². The highest BCUT2D eigenvalue weighted by molar-refractivity contribution is 6.23. The number of rotatable bonds is 5. The summed E-state index contributed by atoms with van der Waals surface area (Å²) in [7, 11) is 2.38. The molecule has 0 aromatic heterocycles. The Morgan fingerprint density at radius 2 is 1.52 bits per heavy atom. The highest BCUT2D eigenvalue weighted by Gasteiger charge is 2.42. The van der Waals surface area contributed by atoms with E-state index in [2.05, 4.69) is 9.47 Å². The van der Waals surface area contributed by atoms with Crippen molar-refractivity contribution in [2.45, 2.75) is 39.8 Å². The molecule has 1 amide bonds. The zero-order valence-electron chi connectivity index (χ0n) is 13.3. The number of hydrazine groups is 1. The Bertz CT molecular complexity index is 474. The first-order valence-corrected chi connectivity index (χ1v) is 6.76. The molecular weight excluding hydrogens is 276 g/mol. The molecule has 118 valence electrons. The van der Waals surface area contributed by atoms with Gasteiger partial charge in [0.05, 0.1) is 26.3 Å². The van der Waals surface area contributed by atoms with Gasteiger partial charge in [-0.3, -0.25) is 9.80 Å². The number of nitrogens with zero attached hydrogens (tertiary/aromatic N) is 2. The van der Waals surface area contributed by atoms with Crippen molar-refractivity contribution in [2.24, 2.45) is 0 Å². The standard InChI is InChI=1S/C14H22N2O5/c1-8(2)16(9(3)4)15-7-10(13(18)20-5)11(12(15)17)14(19)21-6/h8-9H,7H2,1-6H3. The van der Waals surface area contributed by atoms with E-state index in [-0.39, 0.29) is 29.8 Å². The van der Waals surface area contributed by atoms with Gasteiger partial charge >= 0.3 is 11.9 Å². The van der Waals surface area contributed by atoms with Gasteiger partial charge in [-0.25, -0.2) is 14.6 Å². The van der Waals surface area contributed by atoms with E-state index < -0.39 is 17.8 Å². The number of hydrogen-bond donors (Lipinski definition) is 0. The number of ether oxygens (including phenoxy) is 2. The summed E-state index contributed by atoms with van der Waals surface area (Å²) in [6.07, 6.45) is 0. The molecule has 21 heavy (non-hydrogen) atoms. The van der Waals surface area contributed by atoms with Gasteiger partial charge < -0.3 is 9.47 Å². The van der Waals surface area contributed by atoms with Crippen LogP contribution in [-0.4, -0.2) is 60.7 Å². The number of esters is 2. The van der Waals surface area contributed by atoms with Crippen LogP contribution in [-0.2, 0) is 23.9 Å². The molecule has 1 rings (SSSR count). The molecule has 0 atom stereocenters. The molecule has 0 saturated carbocycles. The molecule has 0 radical (unpaired) electrons. The highest BCUT2D eigenvalue weighted by Crippen LogP contribution is 2.25. The van der Waals surface area contributed by atoms with Gasteiger partial charge in [0, 0.05) is 12.1 Å². The zero-order valence-corrected chi connectivity index (χ0v) is 13.3. The maximum Gasteiger partial charge on any atom is 0.344 e. The van der Waals surface area contributed by atoms with Crippen molar-refractivity contribution in [1.82, 2.24) is 10.0 Å². The fourth-order valence-corrected chi connectivity index (χ4v) is 2.50. The third-order valence-electron chi connectivity index (χ3n) is 3.22. The normalized spacial score (nSPS) is 15.5. The van der Waals surface area contributed by atoms with Crippen LogP contribution in [0, 0.1) is 0 Å². The van der Waals surface area contributed by atoms with Gasteiger partial charge in [-0.2, -0.15) is 0 Å². The maximum absolute atomic E-state index is 12.5. The smallest absolute Gasteiger partial charge is 0.344 e. The van der Waals surface area contributed by atoms with E-state index in [0.29, 0.717) is 0 Å². The second-order valence-corrected chi connectivity index (χ2v) is 5.27. The molecule has 1 aliphatic heterocycles. The van der Waals surface area contributed by atoms with E-state index in [9.17, 15) is 14.4 Å². The molecule has 0 aliphatic carbocycles. The lowest BCUT2D eigenvalue weighted by Crippen LogP contribution is -2.52. The van der Waals surface area contributed by atoms with Crippen LogP contribution in [0.15, 0.2) is 11.1 Å². The van der Waals surface area contributed by atoms with Crippen molar-refractivity contribution in [3.63, 3.8) is 0 Å². The van der Waals surface area contributed by atoms with Gasteiger partial charge in [-0.1, -0.05) is 0 Å². The highest BCUT2D eigenvalue weighted by atomic mass is 16.5. The third-order valence-corrected chi connectivity index (χ3v) is 3.22. The van der Waals surface area contributed by atoms with Gasteiger partial charge in [0.15, 0.2) is 0 Å². The van der Waals surface area contributed by atoms with E-state index in [1.54, 1.807) is 0 Å². The first-order valence-electron chi connectivity index (χ1n) is 6.76. The van der Waals surface area contributed by atoms with Crippen molar-refractivity contribution in [3.05, 3.63) is 11.1 Å². The average Bonchev–Trinajstić information content (AvgIpc) is 2.74. The minimum atomic E-state index is -0.824. The summed E-state index contributed by atoms with van der Waals surface area (Å²) in [4.78, 5) is 36.1. The third kappa shape index (κ3) is 3.24. The topological polar surface area (TPSA) is 76.2 Å². The monoisotopic (exact) mass is 298 g/mol. The molecule has 1 heterocycles. The van der Waals surface area contributed by atoms with Crippen molar-refractivity contribution in [2.75, 3.05) is 20.8 Å². The van der Waals surface area contributed by atoms with E-state index in [1.807, 2.05) is 32.7 Å². The molecule has 0 aromatic carbocycles. The predicted octanol–water partition coefficient (Wildman–Crippen LogP) is 0.505.